The van der Waals surface area contributed by atoms with E-state index in [1.807, 2.05) is 31.2 Å². The molecule has 0 saturated carbocycles. The third kappa shape index (κ3) is 6.76. The van der Waals surface area contributed by atoms with Crippen LogP contribution in [0.15, 0.2) is 46.9 Å². The highest BCUT2D eigenvalue weighted by Gasteiger charge is 2.07. The average molecular weight is 359 g/mol. The second kappa shape index (κ2) is 9.58. The summed E-state index contributed by atoms with van der Waals surface area (Å²) in [6.07, 6.45) is 1.85. The van der Waals surface area contributed by atoms with Crippen molar-refractivity contribution in [3.8, 4) is 5.75 Å². The van der Waals surface area contributed by atoms with Gasteiger partial charge in [0.2, 0.25) is 5.13 Å². The molecular formula is C18H21N3O3S. The lowest BCUT2D eigenvalue weighted by Crippen LogP contribution is -2.07. The van der Waals surface area contributed by atoms with Crippen LogP contribution in [-0.4, -0.2) is 30.4 Å². The van der Waals surface area contributed by atoms with Crippen LogP contribution in [0, 0.1) is 0 Å². The highest BCUT2D eigenvalue weighted by Crippen LogP contribution is 2.16. The standard InChI is InChI=1S/C18H21N3O3S/c1-4-23-17(22)9-15-12-25-18(20-15)21-19-10-14-6-5-7-16(8-14)24-11-13(2)3/h5-8,10,12H,2,4,9,11H2,1,3H3,(H,20,21). The number of hydrazone groups is 1. The normalized spacial score (nSPS) is 10.6. The van der Waals surface area contributed by atoms with Gasteiger partial charge in [0.05, 0.1) is 24.9 Å². The number of aromatic nitrogens is 1. The number of benzene rings is 1. The highest BCUT2D eigenvalue weighted by molar-refractivity contribution is 7.13. The number of nitrogens with one attached hydrogen (secondary N) is 1. The van der Waals surface area contributed by atoms with E-state index in [-0.39, 0.29) is 12.4 Å². The van der Waals surface area contributed by atoms with E-state index < -0.39 is 0 Å². The molecule has 0 fully saturated rings. The quantitative estimate of drug-likeness (QED) is 0.320. The van der Waals surface area contributed by atoms with E-state index >= 15 is 0 Å². The summed E-state index contributed by atoms with van der Waals surface area (Å²) in [6.45, 7) is 8.36. The van der Waals surface area contributed by atoms with Crippen LogP contribution < -0.4 is 10.2 Å². The molecule has 2 aromatic rings. The van der Waals surface area contributed by atoms with Crippen molar-refractivity contribution < 1.29 is 14.3 Å². The third-order valence-electron chi connectivity index (χ3n) is 2.90. The topological polar surface area (TPSA) is 72.8 Å². The lowest BCUT2D eigenvalue weighted by Gasteiger charge is -2.05. The van der Waals surface area contributed by atoms with Crippen LogP contribution in [0.5, 0.6) is 5.75 Å². The second-order valence-corrected chi connectivity index (χ2v) is 6.17. The van der Waals surface area contributed by atoms with Crippen molar-refractivity contribution >= 4 is 28.7 Å². The molecule has 7 heteroatoms. The number of carbonyl (C=O) groups is 1. The fourth-order valence-corrected chi connectivity index (χ4v) is 2.51. The first-order valence-electron chi connectivity index (χ1n) is 7.83. The Morgan fingerprint density at radius 1 is 1.48 bits per heavy atom. The molecule has 0 atom stereocenters. The maximum absolute atomic E-state index is 11.4. The summed E-state index contributed by atoms with van der Waals surface area (Å²) < 4.78 is 10.5. The van der Waals surface area contributed by atoms with Gasteiger partial charge in [0.15, 0.2) is 0 Å². The second-order valence-electron chi connectivity index (χ2n) is 5.31. The molecule has 132 valence electrons. The van der Waals surface area contributed by atoms with Gasteiger partial charge in [-0.05, 0) is 37.1 Å². The van der Waals surface area contributed by atoms with Crippen molar-refractivity contribution in [2.45, 2.75) is 20.3 Å². The number of anilines is 1. The predicted molar refractivity (Wildman–Crippen MR) is 100 cm³/mol. The van der Waals surface area contributed by atoms with Crippen molar-refractivity contribution in [2.24, 2.45) is 5.10 Å². The Balaban J connectivity index is 1.88. The number of carbonyl (C=O) groups excluding carboxylic acids is 1. The van der Waals surface area contributed by atoms with E-state index in [4.69, 9.17) is 9.47 Å². The van der Waals surface area contributed by atoms with Crippen molar-refractivity contribution in [1.82, 2.24) is 4.98 Å². The zero-order valence-corrected chi connectivity index (χ0v) is 15.1. The number of ether oxygens (including phenoxy) is 2. The van der Waals surface area contributed by atoms with E-state index in [0.717, 1.165) is 16.9 Å². The minimum absolute atomic E-state index is 0.165. The van der Waals surface area contributed by atoms with Gasteiger partial charge in [0.1, 0.15) is 12.4 Å². The van der Waals surface area contributed by atoms with E-state index in [0.29, 0.717) is 24.0 Å². The molecule has 0 aliphatic heterocycles. The number of hydrogen-bond acceptors (Lipinski definition) is 7. The Hall–Kier alpha value is -2.67. The van der Waals surface area contributed by atoms with Crippen LogP contribution in [0.3, 0.4) is 0 Å². The SMILES string of the molecule is C=C(C)COc1cccc(C=NNc2nc(CC(=O)OCC)cs2)c1. The number of thiazole rings is 1. The molecule has 1 heterocycles. The molecule has 0 aliphatic rings. The minimum Gasteiger partial charge on any atom is -0.489 e. The van der Waals surface area contributed by atoms with Crippen LogP contribution >= 0.6 is 11.3 Å². The molecule has 0 unspecified atom stereocenters. The van der Waals surface area contributed by atoms with Gasteiger partial charge in [-0.2, -0.15) is 5.10 Å². The summed E-state index contributed by atoms with van der Waals surface area (Å²) >= 11 is 1.38. The molecule has 1 aromatic heterocycles. The molecule has 1 aromatic carbocycles. The number of nitrogens with zero attached hydrogens (tertiary/aromatic N) is 2. The molecule has 0 spiro atoms. The zero-order chi connectivity index (χ0) is 18.1. The Kier molecular flexibility index (Phi) is 7.16. The average Bonchev–Trinajstić information content (AvgIpc) is 3.01. The molecule has 25 heavy (non-hydrogen) atoms. The van der Waals surface area contributed by atoms with Gasteiger partial charge in [-0.15, -0.1) is 11.3 Å². The Labute approximate surface area is 151 Å². The van der Waals surface area contributed by atoms with E-state index in [1.165, 1.54) is 11.3 Å². The molecule has 6 nitrogen and oxygen atoms in total. The van der Waals surface area contributed by atoms with Gasteiger partial charge >= 0.3 is 5.97 Å². The minimum atomic E-state index is -0.283. The summed E-state index contributed by atoms with van der Waals surface area (Å²) in [5.41, 5.74) is 5.38. The first-order valence-corrected chi connectivity index (χ1v) is 8.71. The fraction of sp³-hybridized carbons (Fsp3) is 0.278. The molecular weight excluding hydrogens is 338 g/mol. The molecule has 0 bridgehead atoms. The van der Waals surface area contributed by atoms with Crippen LogP contribution in [-0.2, 0) is 16.0 Å². The largest absolute Gasteiger partial charge is 0.489 e. The Bertz CT molecular complexity index is 756. The maximum Gasteiger partial charge on any atom is 0.311 e. The molecule has 0 aliphatic carbocycles. The van der Waals surface area contributed by atoms with Crippen molar-refractivity contribution in [3.63, 3.8) is 0 Å². The van der Waals surface area contributed by atoms with Gasteiger partial charge in [-0.1, -0.05) is 18.7 Å². The summed E-state index contributed by atoms with van der Waals surface area (Å²) in [6, 6.07) is 7.60. The van der Waals surface area contributed by atoms with E-state index in [2.05, 4.69) is 22.1 Å². The van der Waals surface area contributed by atoms with Gasteiger partial charge in [-0.25, -0.2) is 4.98 Å². The van der Waals surface area contributed by atoms with Crippen LogP contribution in [0.1, 0.15) is 25.1 Å². The summed E-state index contributed by atoms with van der Waals surface area (Å²) in [4.78, 5) is 15.7. The smallest absolute Gasteiger partial charge is 0.311 e. The van der Waals surface area contributed by atoms with Crippen LogP contribution in [0.25, 0.3) is 0 Å². The van der Waals surface area contributed by atoms with Crippen molar-refractivity contribution in [3.05, 3.63) is 53.1 Å². The Morgan fingerprint density at radius 3 is 3.08 bits per heavy atom. The van der Waals surface area contributed by atoms with Gasteiger partial charge < -0.3 is 9.47 Å². The lowest BCUT2D eigenvalue weighted by molar-refractivity contribution is -0.142. The Morgan fingerprint density at radius 2 is 2.32 bits per heavy atom. The van der Waals surface area contributed by atoms with Gasteiger partial charge in [-0.3, -0.25) is 10.2 Å². The molecule has 2 rings (SSSR count). The summed E-state index contributed by atoms with van der Waals surface area (Å²) in [5, 5.41) is 6.58. The third-order valence-corrected chi connectivity index (χ3v) is 3.70. The number of hydrogen-bond donors (Lipinski definition) is 1. The molecule has 0 amide bonds. The van der Waals surface area contributed by atoms with Crippen LogP contribution in [0.2, 0.25) is 0 Å². The molecule has 0 radical (unpaired) electrons. The van der Waals surface area contributed by atoms with Crippen LogP contribution in [0.4, 0.5) is 5.13 Å². The molecule has 0 saturated heterocycles. The van der Waals surface area contributed by atoms with E-state index in [9.17, 15) is 4.79 Å². The molecule has 1 N–H and O–H groups in total. The van der Waals surface area contributed by atoms with E-state index in [1.54, 1.807) is 18.5 Å². The lowest BCUT2D eigenvalue weighted by atomic mass is 10.2. The highest BCUT2D eigenvalue weighted by atomic mass is 32.1. The van der Waals surface area contributed by atoms with Gasteiger partial charge in [0.25, 0.3) is 0 Å². The maximum atomic E-state index is 11.4. The first kappa shape index (κ1) is 18.7. The van der Waals surface area contributed by atoms with Crippen molar-refractivity contribution in [2.75, 3.05) is 18.6 Å². The van der Waals surface area contributed by atoms with Crippen molar-refractivity contribution in [1.29, 1.82) is 0 Å². The fourth-order valence-electron chi connectivity index (χ4n) is 1.85. The monoisotopic (exact) mass is 359 g/mol. The number of esters is 1. The summed E-state index contributed by atoms with van der Waals surface area (Å²) in [7, 11) is 0. The summed E-state index contributed by atoms with van der Waals surface area (Å²) in [5.74, 6) is 0.479. The zero-order valence-electron chi connectivity index (χ0n) is 14.3. The van der Waals surface area contributed by atoms with Gasteiger partial charge in [0, 0.05) is 5.38 Å². The predicted octanol–water partition coefficient (Wildman–Crippen LogP) is 3.65. The number of rotatable bonds is 9. The first-order chi connectivity index (χ1) is 12.1.